The van der Waals surface area contributed by atoms with Crippen LogP contribution in [0, 0.1) is 0 Å². The summed E-state index contributed by atoms with van der Waals surface area (Å²) in [6, 6.07) is 19.4. The average Bonchev–Trinajstić information content (AvgIpc) is 3.07. The van der Waals surface area contributed by atoms with Gasteiger partial charge in [-0.2, -0.15) is 0 Å². The van der Waals surface area contributed by atoms with Gasteiger partial charge in [-0.05, 0) is 29.5 Å². The van der Waals surface area contributed by atoms with E-state index in [1.54, 1.807) is 0 Å². The Bertz CT molecular complexity index is 705. The second-order valence-corrected chi connectivity index (χ2v) is 6.83. The van der Waals surface area contributed by atoms with Crippen LogP contribution in [0.1, 0.15) is 29.2 Å². The molecule has 1 saturated heterocycles. The van der Waals surface area contributed by atoms with Crippen molar-refractivity contribution in [1.29, 1.82) is 0 Å². The van der Waals surface area contributed by atoms with Gasteiger partial charge >= 0.3 is 0 Å². The summed E-state index contributed by atoms with van der Waals surface area (Å²) in [5, 5.41) is 0. The van der Waals surface area contributed by atoms with Crippen molar-refractivity contribution in [1.82, 2.24) is 9.80 Å². The highest BCUT2D eigenvalue weighted by molar-refractivity contribution is 5.78. The third-order valence-electron chi connectivity index (χ3n) is 5.41. The van der Waals surface area contributed by atoms with E-state index < -0.39 is 0 Å². The van der Waals surface area contributed by atoms with E-state index in [0.717, 1.165) is 31.7 Å². The molecule has 0 saturated carbocycles. The molecule has 1 atom stereocenters. The van der Waals surface area contributed by atoms with Crippen molar-refractivity contribution in [2.45, 2.75) is 25.3 Å². The number of carbonyl (C=O) groups is 1. The maximum atomic E-state index is 12.5. The maximum Gasteiger partial charge on any atom is 0.227 e. The Labute approximate surface area is 143 Å². The second kappa shape index (κ2) is 6.78. The Kier molecular flexibility index (Phi) is 4.35. The molecule has 1 amide bonds. The van der Waals surface area contributed by atoms with Crippen molar-refractivity contribution in [2.75, 3.05) is 26.2 Å². The number of benzene rings is 2. The summed E-state index contributed by atoms with van der Waals surface area (Å²) in [4.78, 5) is 17.1. The van der Waals surface area contributed by atoms with Crippen LogP contribution in [0.25, 0.3) is 0 Å². The average molecular weight is 320 g/mol. The predicted octanol–water partition coefficient (Wildman–Crippen LogP) is 3.06. The normalized spacial score (nSPS) is 20.8. The number of piperazine rings is 1. The maximum absolute atomic E-state index is 12.5. The van der Waals surface area contributed by atoms with E-state index in [4.69, 9.17) is 0 Å². The van der Waals surface area contributed by atoms with Gasteiger partial charge in [0.15, 0.2) is 0 Å². The number of hydrogen-bond acceptors (Lipinski definition) is 2. The summed E-state index contributed by atoms with van der Waals surface area (Å²) in [6.07, 6.45) is 2.93. The first-order valence-electron chi connectivity index (χ1n) is 8.95. The first kappa shape index (κ1) is 15.4. The van der Waals surface area contributed by atoms with Crippen LogP contribution in [-0.2, 0) is 17.6 Å². The highest BCUT2D eigenvalue weighted by Gasteiger charge is 2.30. The number of hydrogen-bond donors (Lipinski definition) is 0. The largest absolute Gasteiger partial charge is 0.340 e. The Morgan fingerprint density at radius 2 is 1.62 bits per heavy atom. The van der Waals surface area contributed by atoms with Crippen LogP contribution in [0.4, 0.5) is 0 Å². The highest BCUT2D eigenvalue weighted by atomic mass is 16.2. The number of fused-ring (bicyclic) bond motifs is 1. The minimum Gasteiger partial charge on any atom is -0.340 e. The Balaban J connectivity index is 1.35. The van der Waals surface area contributed by atoms with Crippen LogP contribution < -0.4 is 0 Å². The smallest absolute Gasteiger partial charge is 0.227 e. The third kappa shape index (κ3) is 3.09. The van der Waals surface area contributed by atoms with Gasteiger partial charge in [0.25, 0.3) is 0 Å². The fourth-order valence-corrected chi connectivity index (χ4v) is 4.08. The van der Waals surface area contributed by atoms with E-state index in [0.29, 0.717) is 12.5 Å². The Morgan fingerprint density at radius 3 is 2.42 bits per heavy atom. The number of aryl methyl sites for hydroxylation is 1. The summed E-state index contributed by atoms with van der Waals surface area (Å²) < 4.78 is 0. The van der Waals surface area contributed by atoms with Crippen LogP contribution in [0.2, 0.25) is 0 Å². The lowest BCUT2D eigenvalue weighted by Gasteiger charge is -2.38. The monoisotopic (exact) mass is 320 g/mol. The molecule has 24 heavy (non-hydrogen) atoms. The van der Waals surface area contributed by atoms with Crippen molar-refractivity contribution < 1.29 is 4.79 Å². The van der Waals surface area contributed by atoms with Crippen molar-refractivity contribution in [3.05, 3.63) is 71.3 Å². The molecule has 1 heterocycles. The standard InChI is InChI=1S/C21H24N2O/c24-21(16-17-6-2-1-3-7-17)23-14-12-22(13-15-23)20-11-10-18-8-4-5-9-19(18)20/h1-9,20H,10-16H2. The summed E-state index contributed by atoms with van der Waals surface area (Å²) in [7, 11) is 0. The molecular weight excluding hydrogens is 296 g/mol. The first-order chi connectivity index (χ1) is 11.8. The van der Waals surface area contributed by atoms with Gasteiger partial charge in [0, 0.05) is 32.2 Å². The summed E-state index contributed by atoms with van der Waals surface area (Å²) >= 11 is 0. The van der Waals surface area contributed by atoms with Crippen molar-refractivity contribution in [3.8, 4) is 0 Å². The van der Waals surface area contributed by atoms with E-state index in [-0.39, 0.29) is 5.91 Å². The van der Waals surface area contributed by atoms with Crippen LogP contribution in [0.5, 0.6) is 0 Å². The van der Waals surface area contributed by atoms with Crippen molar-refractivity contribution >= 4 is 5.91 Å². The molecule has 124 valence electrons. The molecule has 0 spiro atoms. The molecule has 1 fully saturated rings. The first-order valence-corrected chi connectivity index (χ1v) is 8.95. The molecule has 0 aromatic heterocycles. The molecule has 1 aliphatic heterocycles. The Hall–Kier alpha value is -2.13. The van der Waals surface area contributed by atoms with Crippen LogP contribution in [0.3, 0.4) is 0 Å². The second-order valence-electron chi connectivity index (χ2n) is 6.83. The van der Waals surface area contributed by atoms with Crippen molar-refractivity contribution in [3.63, 3.8) is 0 Å². The molecule has 2 aromatic rings. The van der Waals surface area contributed by atoms with Gasteiger partial charge in [0.05, 0.1) is 6.42 Å². The predicted molar refractivity (Wildman–Crippen MR) is 95.8 cm³/mol. The number of nitrogens with zero attached hydrogens (tertiary/aromatic N) is 2. The van der Waals surface area contributed by atoms with Gasteiger partial charge in [0.2, 0.25) is 5.91 Å². The lowest BCUT2D eigenvalue weighted by Crippen LogP contribution is -2.49. The van der Waals surface area contributed by atoms with Gasteiger partial charge in [-0.3, -0.25) is 9.69 Å². The molecule has 1 aliphatic carbocycles. The van der Waals surface area contributed by atoms with Gasteiger partial charge in [-0.15, -0.1) is 0 Å². The van der Waals surface area contributed by atoms with E-state index in [2.05, 4.69) is 29.2 Å². The molecular formula is C21H24N2O. The minimum absolute atomic E-state index is 0.257. The molecule has 3 nitrogen and oxygen atoms in total. The van der Waals surface area contributed by atoms with Gasteiger partial charge in [-0.1, -0.05) is 54.6 Å². The molecule has 1 unspecified atom stereocenters. The van der Waals surface area contributed by atoms with Crippen LogP contribution in [-0.4, -0.2) is 41.9 Å². The summed E-state index contributed by atoms with van der Waals surface area (Å²) in [5.74, 6) is 0.257. The van der Waals surface area contributed by atoms with Gasteiger partial charge in [0.1, 0.15) is 0 Å². The molecule has 0 radical (unpaired) electrons. The molecule has 0 N–H and O–H groups in total. The van der Waals surface area contributed by atoms with Crippen LogP contribution >= 0.6 is 0 Å². The number of carbonyl (C=O) groups excluding carboxylic acids is 1. The number of rotatable bonds is 3. The summed E-state index contributed by atoms with van der Waals surface area (Å²) in [5.41, 5.74) is 4.11. The molecule has 2 aliphatic rings. The molecule has 4 rings (SSSR count). The SMILES string of the molecule is O=C(Cc1ccccc1)N1CCN(C2CCc3ccccc32)CC1. The fourth-order valence-electron chi connectivity index (χ4n) is 4.08. The third-order valence-corrected chi connectivity index (χ3v) is 5.41. The minimum atomic E-state index is 0.257. The zero-order valence-electron chi connectivity index (χ0n) is 14.0. The summed E-state index contributed by atoms with van der Waals surface area (Å²) in [6.45, 7) is 3.67. The number of amides is 1. The van der Waals surface area contributed by atoms with Gasteiger partial charge < -0.3 is 4.90 Å². The highest BCUT2D eigenvalue weighted by Crippen LogP contribution is 2.35. The van der Waals surface area contributed by atoms with E-state index in [1.807, 2.05) is 35.2 Å². The molecule has 2 aromatic carbocycles. The Morgan fingerprint density at radius 1 is 0.917 bits per heavy atom. The zero-order valence-corrected chi connectivity index (χ0v) is 14.0. The molecule has 3 heteroatoms. The lowest BCUT2D eigenvalue weighted by atomic mass is 10.1. The van der Waals surface area contributed by atoms with Crippen LogP contribution in [0.15, 0.2) is 54.6 Å². The quantitative estimate of drug-likeness (QED) is 0.868. The topological polar surface area (TPSA) is 23.6 Å². The van der Waals surface area contributed by atoms with E-state index >= 15 is 0 Å². The van der Waals surface area contributed by atoms with Crippen molar-refractivity contribution in [2.24, 2.45) is 0 Å². The lowest BCUT2D eigenvalue weighted by molar-refractivity contribution is -0.132. The van der Waals surface area contributed by atoms with E-state index in [9.17, 15) is 4.79 Å². The zero-order chi connectivity index (χ0) is 16.4. The van der Waals surface area contributed by atoms with Gasteiger partial charge in [-0.25, -0.2) is 0 Å². The van der Waals surface area contributed by atoms with E-state index in [1.165, 1.54) is 24.0 Å². The fraction of sp³-hybridized carbons (Fsp3) is 0.381. The molecule has 0 bridgehead atoms.